The van der Waals surface area contributed by atoms with Crippen LogP contribution >= 0.6 is 7.82 Å². The highest BCUT2D eigenvalue weighted by Gasteiger charge is 2.26. The monoisotopic (exact) mass is 721 g/mol. The number of nitrogens with zero attached hydrogens (tertiary/aromatic N) is 1. The fourth-order valence-electron chi connectivity index (χ4n) is 5.91. The lowest BCUT2D eigenvalue weighted by atomic mass is 10.0. The molecule has 0 aromatic heterocycles. The van der Waals surface area contributed by atoms with E-state index < -0.39 is 13.9 Å². The van der Waals surface area contributed by atoms with Crippen LogP contribution in [0.15, 0.2) is 0 Å². The van der Waals surface area contributed by atoms with Gasteiger partial charge in [-0.3, -0.25) is 13.8 Å². The number of hydrogen-bond donors (Lipinski definition) is 1. The average Bonchev–Trinajstić information content (AvgIpc) is 3.04. The summed E-state index contributed by atoms with van der Waals surface area (Å²) in [6.07, 6.45) is 34.4. The van der Waals surface area contributed by atoms with Crippen molar-refractivity contribution in [3.05, 3.63) is 0 Å². The van der Waals surface area contributed by atoms with E-state index >= 15 is 0 Å². The molecule has 8 nitrogen and oxygen atoms in total. The van der Waals surface area contributed by atoms with Crippen LogP contribution in [0.2, 0.25) is 0 Å². The molecular formula is C40H83NO7P+. The van der Waals surface area contributed by atoms with E-state index in [2.05, 4.69) is 13.8 Å². The second-order valence-electron chi connectivity index (χ2n) is 15.4. The molecule has 0 aromatic rings. The molecule has 0 aromatic carbocycles. The molecule has 0 heterocycles. The SMILES string of the molecule is CCCCCCCCCCCCCCCCCCCCCCCC(=O)OC(COCCCCCCCC)COP(=O)(O)OCC[N+](C)(C)C. The summed E-state index contributed by atoms with van der Waals surface area (Å²) >= 11 is 0. The molecule has 49 heavy (non-hydrogen) atoms. The largest absolute Gasteiger partial charge is 0.472 e. The van der Waals surface area contributed by atoms with Crippen molar-refractivity contribution in [3.63, 3.8) is 0 Å². The minimum absolute atomic E-state index is 0.0930. The van der Waals surface area contributed by atoms with Crippen LogP contribution in [0.4, 0.5) is 0 Å². The van der Waals surface area contributed by atoms with Gasteiger partial charge in [-0.2, -0.15) is 0 Å². The Kier molecular flexibility index (Phi) is 34.2. The second kappa shape index (κ2) is 34.6. The quantitative estimate of drug-likeness (QED) is 0.0292. The molecule has 0 aliphatic heterocycles. The van der Waals surface area contributed by atoms with Crippen molar-refractivity contribution >= 4 is 13.8 Å². The number of unbranched alkanes of at least 4 members (excludes halogenated alkanes) is 25. The summed E-state index contributed by atoms with van der Waals surface area (Å²) in [6, 6.07) is 0. The highest BCUT2D eigenvalue weighted by Crippen LogP contribution is 2.43. The number of phosphoric acid groups is 1. The fraction of sp³-hybridized carbons (Fsp3) is 0.975. The van der Waals surface area contributed by atoms with E-state index in [0.29, 0.717) is 24.1 Å². The zero-order valence-electron chi connectivity index (χ0n) is 33.2. The first-order valence-electron chi connectivity index (χ1n) is 20.8. The smallest absolute Gasteiger partial charge is 0.457 e. The van der Waals surface area contributed by atoms with Gasteiger partial charge in [-0.15, -0.1) is 0 Å². The Morgan fingerprint density at radius 2 is 0.939 bits per heavy atom. The normalized spacial score (nSPS) is 13.8. The fourth-order valence-corrected chi connectivity index (χ4v) is 6.65. The lowest BCUT2D eigenvalue weighted by molar-refractivity contribution is -0.870. The van der Waals surface area contributed by atoms with Gasteiger partial charge in [0.1, 0.15) is 19.3 Å². The molecule has 0 saturated carbocycles. The molecule has 2 atom stereocenters. The number of rotatable bonds is 39. The van der Waals surface area contributed by atoms with E-state index in [0.717, 1.165) is 32.1 Å². The summed E-state index contributed by atoms with van der Waals surface area (Å²) in [6.45, 7) is 5.61. The van der Waals surface area contributed by atoms with Gasteiger partial charge in [0.2, 0.25) is 0 Å². The molecule has 9 heteroatoms. The van der Waals surface area contributed by atoms with Crippen LogP contribution in [0, 0.1) is 0 Å². The highest BCUT2D eigenvalue weighted by molar-refractivity contribution is 7.47. The third-order valence-electron chi connectivity index (χ3n) is 9.17. The summed E-state index contributed by atoms with van der Waals surface area (Å²) in [7, 11) is 1.68. The zero-order chi connectivity index (χ0) is 36.3. The van der Waals surface area contributed by atoms with Crippen LogP contribution in [-0.2, 0) is 27.9 Å². The van der Waals surface area contributed by atoms with Gasteiger partial charge in [0.05, 0.1) is 34.4 Å². The molecule has 0 spiro atoms. The van der Waals surface area contributed by atoms with E-state index in [1.165, 1.54) is 141 Å². The molecule has 0 bridgehead atoms. The number of ether oxygens (including phenoxy) is 2. The van der Waals surface area contributed by atoms with E-state index in [-0.39, 0.29) is 25.8 Å². The number of carbonyl (C=O) groups is 1. The zero-order valence-corrected chi connectivity index (χ0v) is 34.1. The van der Waals surface area contributed by atoms with E-state index in [1.54, 1.807) is 0 Å². The van der Waals surface area contributed by atoms with Crippen molar-refractivity contribution < 1.29 is 37.3 Å². The number of quaternary nitrogens is 1. The Morgan fingerprint density at radius 1 is 0.551 bits per heavy atom. The predicted octanol–water partition coefficient (Wildman–Crippen LogP) is 11.7. The maximum absolute atomic E-state index is 12.6. The number of carbonyl (C=O) groups excluding carboxylic acids is 1. The minimum atomic E-state index is -4.25. The summed E-state index contributed by atoms with van der Waals surface area (Å²) in [5.74, 6) is -0.312. The van der Waals surface area contributed by atoms with Crippen molar-refractivity contribution in [2.24, 2.45) is 0 Å². The lowest BCUT2D eigenvalue weighted by Gasteiger charge is -2.24. The maximum atomic E-state index is 12.6. The van der Waals surface area contributed by atoms with Gasteiger partial charge in [0.25, 0.3) is 0 Å². The molecule has 0 aliphatic carbocycles. The van der Waals surface area contributed by atoms with Crippen LogP contribution in [-0.4, -0.2) is 75.6 Å². The summed E-state index contributed by atoms with van der Waals surface area (Å²) in [5.41, 5.74) is 0. The standard InChI is InChI=1S/C40H82NO7P/c1-6-8-10-12-14-15-16-17-18-19-20-21-22-23-24-25-26-27-28-29-31-33-40(42)48-39(37-45-35-32-30-13-11-9-7-2)38-47-49(43,44)46-36-34-41(3,4)5/h39H,6-38H2,1-5H3/p+1. The lowest BCUT2D eigenvalue weighted by Crippen LogP contribution is -2.37. The summed E-state index contributed by atoms with van der Waals surface area (Å²) in [4.78, 5) is 22.7. The Labute approximate surface area is 304 Å². The summed E-state index contributed by atoms with van der Waals surface area (Å²) < 4.78 is 34.7. The molecule has 0 fully saturated rings. The Balaban J connectivity index is 3.99. The minimum Gasteiger partial charge on any atom is -0.457 e. The summed E-state index contributed by atoms with van der Waals surface area (Å²) in [5, 5.41) is 0. The van der Waals surface area contributed by atoms with Crippen LogP contribution in [0.1, 0.15) is 194 Å². The molecule has 0 aliphatic rings. The van der Waals surface area contributed by atoms with Gasteiger partial charge in [0, 0.05) is 13.0 Å². The number of esters is 1. The third-order valence-corrected chi connectivity index (χ3v) is 10.2. The molecule has 2 unspecified atom stereocenters. The van der Waals surface area contributed by atoms with Crippen molar-refractivity contribution in [1.29, 1.82) is 0 Å². The Bertz CT molecular complexity index is 761. The van der Waals surface area contributed by atoms with Gasteiger partial charge in [0.15, 0.2) is 0 Å². The molecule has 0 radical (unpaired) electrons. The van der Waals surface area contributed by atoms with Gasteiger partial charge < -0.3 is 18.9 Å². The van der Waals surface area contributed by atoms with Crippen LogP contribution in [0.25, 0.3) is 0 Å². The van der Waals surface area contributed by atoms with Gasteiger partial charge in [-0.1, -0.05) is 174 Å². The second-order valence-corrected chi connectivity index (χ2v) is 16.8. The first-order valence-corrected chi connectivity index (χ1v) is 22.3. The van der Waals surface area contributed by atoms with Crippen molar-refractivity contribution in [2.45, 2.75) is 200 Å². The van der Waals surface area contributed by atoms with E-state index in [1.807, 2.05) is 21.1 Å². The van der Waals surface area contributed by atoms with Crippen molar-refractivity contribution in [2.75, 3.05) is 54.1 Å². The van der Waals surface area contributed by atoms with Gasteiger partial charge >= 0.3 is 13.8 Å². The Morgan fingerprint density at radius 3 is 1.35 bits per heavy atom. The Hall–Kier alpha value is -0.500. The van der Waals surface area contributed by atoms with Crippen LogP contribution < -0.4 is 0 Å². The predicted molar refractivity (Wildman–Crippen MR) is 206 cm³/mol. The molecule has 0 amide bonds. The molecule has 0 rings (SSSR count). The van der Waals surface area contributed by atoms with Crippen molar-refractivity contribution in [3.8, 4) is 0 Å². The van der Waals surface area contributed by atoms with Crippen molar-refractivity contribution in [1.82, 2.24) is 0 Å². The topological polar surface area (TPSA) is 91.3 Å². The molecular weight excluding hydrogens is 637 g/mol. The van der Waals surface area contributed by atoms with E-state index in [4.69, 9.17) is 18.5 Å². The van der Waals surface area contributed by atoms with Crippen LogP contribution in [0.5, 0.6) is 0 Å². The maximum Gasteiger partial charge on any atom is 0.472 e. The average molecular weight is 721 g/mol. The number of hydrogen-bond acceptors (Lipinski definition) is 6. The third kappa shape index (κ3) is 38.6. The van der Waals surface area contributed by atoms with Gasteiger partial charge in [-0.05, 0) is 12.8 Å². The van der Waals surface area contributed by atoms with Crippen LogP contribution in [0.3, 0.4) is 0 Å². The first kappa shape index (κ1) is 48.5. The van der Waals surface area contributed by atoms with E-state index in [9.17, 15) is 14.3 Å². The number of likely N-dealkylation sites (N-methyl/N-ethyl adjacent to an activating group) is 1. The molecule has 294 valence electrons. The molecule has 1 N–H and O–H groups in total. The molecule has 0 saturated heterocycles. The first-order chi connectivity index (χ1) is 23.6. The number of phosphoric ester groups is 1. The highest BCUT2D eigenvalue weighted by atomic mass is 31.2. The van der Waals surface area contributed by atoms with Gasteiger partial charge in [-0.25, -0.2) is 4.57 Å².